The number of morpholine rings is 1. The van der Waals surface area contributed by atoms with Gasteiger partial charge in [-0.3, -0.25) is 43.3 Å². The van der Waals surface area contributed by atoms with Gasteiger partial charge in [0.15, 0.2) is 0 Å². The highest BCUT2D eigenvalue weighted by molar-refractivity contribution is 5.98. The monoisotopic (exact) mass is 1630 g/mol. The molecule has 4 aromatic carbocycles. The van der Waals surface area contributed by atoms with Crippen LogP contribution in [0.15, 0.2) is 97.1 Å². The zero-order chi connectivity index (χ0) is 83.9. The third kappa shape index (κ3) is 22.6. The third-order valence-electron chi connectivity index (χ3n) is 28.6. The minimum absolute atomic E-state index is 0.00986. The fourth-order valence-corrected chi connectivity index (χ4v) is 21.3. The Morgan fingerprint density at radius 2 is 0.538 bits per heavy atom. The first-order chi connectivity index (χ1) is 57.4. The zero-order valence-corrected chi connectivity index (χ0v) is 73.7. The molecular formula is C97H143N13O9. The van der Waals surface area contributed by atoms with Crippen LogP contribution in [-0.4, -0.2) is 270 Å². The Morgan fingerprint density at radius 1 is 0.303 bits per heavy atom. The summed E-state index contributed by atoms with van der Waals surface area (Å²) in [6, 6.07) is 33.4. The van der Waals surface area contributed by atoms with Gasteiger partial charge in [0.25, 0.3) is 0 Å². The average molecular weight is 1640 g/mol. The number of para-hydroxylation sites is 4. The first-order valence-corrected chi connectivity index (χ1v) is 46.3. The minimum atomic E-state index is -0.0195. The predicted octanol–water partition coefficient (Wildman–Crippen LogP) is 11.7. The molecule has 12 aliphatic heterocycles. The largest absolute Gasteiger partial charge is 0.379 e. The molecule has 0 radical (unpaired) electrons. The van der Waals surface area contributed by atoms with Crippen molar-refractivity contribution in [2.75, 3.05) is 203 Å². The second-order valence-electron chi connectivity index (χ2n) is 38.6. The molecule has 8 fully saturated rings. The molecule has 0 aromatic heterocycles. The van der Waals surface area contributed by atoms with Crippen molar-refractivity contribution in [3.8, 4) is 0 Å². The molecule has 1 N–H and O–H groups in total. The smallest absolute Gasteiger partial charge is 0.229 e. The lowest BCUT2D eigenvalue weighted by molar-refractivity contribution is -0.131. The minimum Gasteiger partial charge on any atom is -0.379 e. The van der Waals surface area contributed by atoms with E-state index in [2.05, 4.69) is 117 Å². The van der Waals surface area contributed by atoms with Gasteiger partial charge in [-0.15, -0.1) is 0 Å². The normalized spacial score (nSPS) is 24.9. The maximum Gasteiger partial charge on any atom is 0.229 e. The molecule has 12 aliphatic rings. The number of benzene rings is 4. The van der Waals surface area contributed by atoms with Gasteiger partial charge in [-0.2, -0.15) is 0 Å². The van der Waals surface area contributed by atoms with Gasteiger partial charge < -0.3 is 64.0 Å². The number of hydrogen-bond acceptors (Lipinski definition) is 14. The molecule has 8 saturated heterocycles. The lowest BCUT2D eigenvalue weighted by atomic mass is 9.78. The number of piperidine rings is 1. The number of piperazine rings is 1. The number of ether oxygens (including phenoxy) is 1. The summed E-state index contributed by atoms with van der Waals surface area (Å²) in [6.07, 6.45) is 20.7. The van der Waals surface area contributed by atoms with Crippen molar-refractivity contribution < 1.29 is 43.1 Å². The first kappa shape index (κ1) is 89.2. The van der Waals surface area contributed by atoms with Gasteiger partial charge in [0.2, 0.25) is 47.3 Å². The second-order valence-corrected chi connectivity index (χ2v) is 38.6. The van der Waals surface area contributed by atoms with Crippen molar-refractivity contribution in [2.45, 2.75) is 190 Å². The molecule has 22 heteroatoms. The summed E-state index contributed by atoms with van der Waals surface area (Å²) in [4.78, 5) is 129. The fraction of sp³-hybridized carbons (Fsp3) is 0.670. The van der Waals surface area contributed by atoms with Crippen LogP contribution in [0.2, 0.25) is 0 Å². The Labute approximate surface area is 711 Å². The highest BCUT2D eigenvalue weighted by Crippen LogP contribution is 2.48. The van der Waals surface area contributed by atoms with Crippen LogP contribution in [0.25, 0.3) is 0 Å². The Morgan fingerprint density at radius 3 is 0.807 bits per heavy atom. The molecule has 8 amide bonds. The van der Waals surface area contributed by atoms with Gasteiger partial charge >= 0.3 is 0 Å². The number of hydrogen-bond donors (Lipinski definition) is 1. The summed E-state index contributed by atoms with van der Waals surface area (Å²) in [7, 11) is 0. The first-order valence-electron chi connectivity index (χ1n) is 46.3. The van der Waals surface area contributed by atoms with Crippen LogP contribution in [-0.2, 0) is 68.8 Å². The highest BCUT2D eigenvalue weighted by Gasteiger charge is 2.48. The van der Waals surface area contributed by atoms with Gasteiger partial charge in [-0.1, -0.05) is 135 Å². The van der Waals surface area contributed by atoms with E-state index in [1.165, 1.54) is 54.4 Å². The predicted molar refractivity (Wildman–Crippen MR) is 473 cm³/mol. The van der Waals surface area contributed by atoms with Gasteiger partial charge in [-0.25, -0.2) is 0 Å². The van der Waals surface area contributed by atoms with E-state index in [0.717, 1.165) is 283 Å². The molecule has 4 aromatic rings. The number of likely N-dealkylation sites (tertiary alicyclic amines) is 6. The number of fused-ring (bicyclic) bond motifs is 4. The Kier molecular flexibility index (Phi) is 30.8. The molecule has 16 rings (SSSR count). The van der Waals surface area contributed by atoms with E-state index in [1.54, 1.807) is 0 Å². The number of rotatable bonds is 16. The van der Waals surface area contributed by atoms with Crippen LogP contribution in [0, 0.1) is 45.3 Å². The molecule has 0 saturated carbocycles. The lowest BCUT2D eigenvalue weighted by Gasteiger charge is -2.30. The van der Waals surface area contributed by atoms with E-state index >= 15 is 0 Å². The molecule has 650 valence electrons. The standard InChI is InChI=1S/C25H37N3O2.C24H36N4O2.C24H35N3O3.C24H35N3O2/c1-20(2)24(30)28-17-12-25(18-21-8-4-5-9-22(21)28)11-16-27(19-25)23(29)10-15-26-13-6-3-7-14-26;1-19(2)23(30)28-14-9-24(17-20-5-3-4-6-21(20)28)8-13-27(18-24)22(29)7-12-26-15-10-25-11-16-26;1-19(2)23(29)27-12-9-24(17-20-5-3-4-6-21(20)27)8-11-26(18-24)22(28)7-10-25-13-15-30-16-14-25;1-19(2)23(29)27-16-11-24(17-20-7-3-4-8-21(20)27)10-15-26(18-24)22(28)9-14-25-12-5-6-13-25/h4-5,8-9,20H,3,6-7,10-19H2,1-2H3;3-6,19,25H,7-18H2,1-2H3;3-6,19H,7-18H2,1-2H3;3-4,7-8,19H,5-6,9-18H2,1-2H3. The van der Waals surface area contributed by atoms with Crippen molar-refractivity contribution in [1.29, 1.82) is 0 Å². The quantitative estimate of drug-likeness (QED) is 0.111. The second kappa shape index (κ2) is 41.1. The van der Waals surface area contributed by atoms with Crippen molar-refractivity contribution in [3.63, 3.8) is 0 Å². The summed E-state index contributed by atoms with van der Waals surface area (Å²) >= 11 is 0. The maximum atomic E-state index is 12.9. The molecule has 0 bridgehead atoms. The van der Waals surface area contributed by atoms with Crippen LogP contribution in [0.1, 0.15) is 187 Å². The number of carbonyl (C=O) groups is 8. The van der Waals surface area contributed by atoms with E-state index in [-0.39, 0.29) is 80.8 Å². The number of carbonyl (C=O) groups excluding carboxylic acids is 8. The van der Waals surface area contributed by atoms with Gasteiger partial charge in [0.1, 0.15) is 0 Å². The molecule has 4 unspecified atom stereocenters. The van der Waals surface area contributed by atoms with Gasteiger partial charge in [-0.05, 0) is 197 Å². The zero-order valence-electron chi connectivity index (χ0n) is 73.7. The lowest BCUT2D eigenvalue weighted by Crippen LogP contribution is -2.45. The van der Waals surface area contributed by atoms with Crippen LogP contribution in [0.5, 0.6) is 0 Å². The van der Waals surface area contributed by atoms with Crippen molar-refractivity contribution in [2.24, 2.45) is 45.3 Å². The van der Waals surface area contributed by atoms with Crippen LogP contribution >= 0.6 is 0 Å². The van der Waals surface area contributed by atoms with Gasteiger partial charge in [0, 0.05) is 216 Å². The van der Waals surface area contributed by atoms with E-state index in [9.17, 15) is 38.4 Å². The van der Waals surface area contributed by atoms with E-state index in [0.29, 0.717) is 37.5 Å². The molecule has 12 heterocycles. The number of anilines is 4. The van der Waals surface area contributed by atoms with Crippen molar-refractivity contribution in [1.82, 2.24) is 44.5 Å². The number of amides is 8. The summed E-state index contributed by atoms with van der Waals surface area (Å²) < 4.78 is 5.40. The topological polar surface area (TPSA) is 197 Å². The van der Waals surface area contributed by atoms with E-state index in [4.69, 9.17) is 4.74 Å². The summed E-state index contributed by atoms with van der Waals surface area (Å²) in [5.74, 6) is 1.91. The van der Waals surface area contributed by atoms with Crippen molar-refractivity contribution >= 4 is 70.0 Å². The van der Waals surface area contributed by atoms with Crippen LogP contribution in [0.4, 0.5) is 22.7 Å². The SMILES string of the molecule is CC(C)C(=O)N1CCC2(CCN(C(=O)CCN3CCCC3)C2)Cc2ccccc21.CC(C)C(=O)N1CCC2(CCN(C(=O)CCN3CCCCC3)C2)Cc2ccccc21.CC(C)C(=O)N1CCC2(CCN(C(=O)CCN3CCNCC3)C2)Cc2ccccc21.CC(C)C(=O)N1CCC2(CCN(C(=O)CCN3CCOCC3)C2)Cc2ccccc21. The Bertz CT molecular complexity index is 3800. The molecule has 4 atom stereocenters. The third-order valence-corrected chi connectivity index (χ3v) is 28.6. The molecule has 119 heavy (non-hydrogen) atoms. The van der Waals surface area contributed by atoms with E-state index < -0.39 is 0 Å². The number of nitrogens with zero attached hydrogens (tertiary/aromatic N) is 12. The van der Waals surface area contributed by atoms with Crippen LogP contribution in [0.3, 0.4) is 0 Å². The van der Waals surface area contributed by atoms with Crippen LogP contribution < -0.4 is 24.9 Å². The average Bonchev–Trinajstić information content (AvgIpc) is 1.64. The Hall–Kier alpha value is -7.60. The maximum absolute atomic E-state index is 12.9. The summed E-state index contributed by atoms with van der Waals surface area (Å²) in [6.45, 7) is 41.1. The number of nitrogens with one attached hydrogen (secondary N) is 1. The Balaban J connectivity index is 0.000000137. The molecule has 0 aliphatic carbocycles. The summed E-state index contributed by atoms with van der Waals surface area (Å²) in [5, 5.41) is 3.36. The molecular weight excluding hydrogens is 1490 g/mol. The summed E-state index contributed by atoms with van der Waals surface area (Å²) in [5.41, 5.74) is 9.65. The van der Waals surface area contributed by atoms with Crippen molar-refractivity contribution in [3.05, 3.63) is 119 Å². The van der Waals surface area contributed by atoms with Gasteiger partial charge in [0.05, 0.1) is 13.2 Å². The highest BCUT2D eigenvalue weighted by atomic mass is 16.5. The fourth-order valence-electron chi connectivity index (χ4n) is 21.3. The molecule has 4 spiro atoms. The van der Waals surface area contributed by atoms with E-state index in [1.807, 2.05) is 99.3 Å². The molecule has 22 nitrogen and oxygen atoms in total.